The summed E-state index contributed by atoms with van der Waals surface area (Å²) in [4.78, 5) is 11.3. The van der Waals surface area contributed by atoms with Crippen LogP contribution in [-0.4, -0.2) is 18.1 Å². The Morgan fingerprint density at radius 3 is 2.21 bits per heavy atom. The number of hydrogen-bond acceptors (Lipinski definition) is 2. The molecule has 0 aliphatic carbocycles. The standard InChI is InChI=1S/C16H25NO2/c1-5-14(16(18)19)15(17-4)13-8-6-12(7-9-13)10-11(2)3/h6-9,11,14-15,17H,5,10H2,1-4H3,(H,18,19). The number of benzene rings is 1. The van der Waals surface area contributed by atoms with E-state index in [1.807, 2.05) is 26.1 Å². The van der Waals surface area contributed by atoms with E-state index in [0.29, 0.717) is 12.3 Å². The third kappa shape index (κ3) is 4.35. The lowest BCUT2D eigenvalue weighted by molar-refractivity contribution is -0.143. The van der Waals surface area contributed by atoms with Gasteiger partial charge in [-0.05, 0) is 36.9 Å². The third-order valence-corrected chi connectivity index (χ3v) is 3.45. The second kappa shape index (κ2) is 7.29. The maximum absolute atomic E-state index is 11.3. The quantitative estimate of drug-likeness (QED) is 0.794. The van der Waals surface area contributed by atoms with Crippen molar-refractivity contribution in [2.75, 3.05) is 7.05 Å². The second-order valence-corrected chi connectivity index (χ2v) is 5.46. The van der Waals surface area contributed by atoms with E-state index in [2.05, 4.69) is 31.3 Å². The summed E-state index contributed by atoms with van der Waals surface area (Å²) in [5.41, 5.74) is 2.35. The van der Waals surface area contributed by atoms with E-state index in [9.17, 15) is 9.90 Å². The van der Waals surface area contributed by atoms with Crippen molar-refractivity contribution in [3.8, 4) is 0 Å². The maximum atomic E-state index is 11.3. The van der Waals surface area contributed by atoms with Gasteiger partial charge < -0.3 is 10.4 Å². The summed E-state index contributed by atoms with van der Waals surface area (Å²) in [6.45, 7) is 6.31. The van der Waals surface area contributed by atoms with Gasteiger partial charge in [0.1, 0.15) is 0 Å². The molecule has 2 N–H and O–H groups in total. The minimum absolute atomic E-state index is 0.129. The van der Waals surface area contributed by atoms with E-state index < -0.39 is 5.97 Å². The van der Waals surface area contributed by atoms with Gasteiger partial charge in [0.25, 0.3) is 0 Å². The first-order chi connectivity index (χ1) is 8.99. The van der Waals surface area contributed by atoms with Crippen molar-refractivity contribution in [2.45, 2.75) is 39.7 Å². The van der Waals surface area contributed by atoms with E-state index >= 15 is 0 Å². The lowest BCUT2D eigenvalue weighted by Gasteiger charge is -2.23. The van der Waals surface area contributed by atoms with Crippen molar-refractivity contribution in [3.63, 3.8) is 0 Å². The van der Waals surface area contributed by atoms with Crippen molar-refractivity contribution in [1.82, 2.24) is 5.32 Å². The Hall–Kier alpha value is -1.35. The van der Waals surface area contributed by atoms with Gasteiger partial charge in [0, 0.05) is 6.04 Å². The third-order valence-electron chi connectivity index (χ3n) is 3.45. The molecule has 1 rings (SSSR count). The van der Waals surface area contributed by atoms with E-state index in [1.54, 1.807) is 0 Å². The highest BCUT2D eigenvalue weighted by molar-refractivity contribution is 5.71. The fourth-order valence-electron chi connectivity index (χ4n) is 2.49. The monoisotopic (exact) mass is 263 g/mol. The highest BCUT2D eigenvalue weighted by Crippen LogP contribution is 2.25. The molecule has 0 heterocycles. The first kappa shape index (κ1) is 15.7. The van der Waals surface area contributed by atoms with Crippen molar-refractivity contribution in [2.24, 2.45) is 11.8 Å². The molecule has 0 aliphatic heterocycles. The minimum atomic E-state index is -0.742. The molecule has 0 aliphatic rings. The molecule has 106 valence electrons. The highest BCUT2D eigenvalue weighted by Gasteiger charge is 2.26. The Kier molecular flexibility index (Phi) is 6.03. The van der Waals surface area contributed by atoms with Crippen LogP contribution < -0.4 is 5.32 Å². The van der Waals surface area contributed by atoms with E-state index in [1.165, 1.54) is 5.56 Å². The van der Waals surface area contributed by atoms with E-state index in [-0.39, 0.29) is 12.0 Å². The average Bonchev–Trinajstić information content (AvgIpc) is 2.35. The number of carbonyl (C=O) groups is 1. The van der Waals surface area contributed by atoms with Crippen molar-refractivity contribution in [1.29, 1.82) is 0 Å². The number of nitrogens with one attached hydrogen (secondary N) is 1. The van der Waals surface area contributed by atoms with Gasteiger partial charge in [-0.25, -0.2) is 0 Å². The molecule has 3 heteroatoms. The summed E-state index contributed by atoms with van der Waals surface area (Å²) in [7, 11) is 1.82. The normalized spacial score (nSPS) is 14.4. The zero-order valence-electron chi connectivity index (χ0n) is 12.3. The van der Waals surface area contributed by atoms with Gasteiger partial charge in [0.2, 0.25) is 0 Å². The van der Waals surface area contributed by atoms with Crippen LogP contribution >= 0.6 is 0 Å². The molecular weight excluding hydrogens is 238 g/mol. The molecule has 0 bridgehead atoms. The number of hydrogen-bond donors (Lipinski definition) is 2. The summed E-state index contributed by atoms with van der Waals surface area (Å²) in [5.74, 6) is -0.498. The molecule has 1 aromatic carbocycles. The van der Waals surface area contributed by atoms with E-state index in [0.717, 1.165) is 12.0 Å². The Morgan fingerprint density at radius 2 is 1.84 bits per heavy atom. The van der Waals surface area contributed by atoms with Crippen LogP contribution in [0.1, 0.15) is 44.4 Å². The smallest absolute Gasteiger partial charge is 0.308 e. The maximum Gasteiger partial charge on any atom is 0.308 e. The molecule has 0 spiro atoms. The molecule has 0 fully saturated rings. The van der Waals surface area contributed by atoms with Crippen molar-refractivity contribution >= 4 is 5.97 Å². The molecule has 3 nitrogen and oxygen atoms in total. The zero-order chi connectivity index (χ0) is 14.4. The van der Waals surface area contributed by atoms with Crippen molar-refractivity contribution < 1.29 is 9.90 Å². The van der Waals surface area contributed by atoms with Gasteiger partial charge in [-0.3, -0.25) is 4.79 Å². The summed E-state index contributed by atoms with van der Waals surface area (Å²) in [6.07, 6.45) is 1.68. The van der Waals surface area contributed by atoms with Crippen molar-refractivity contribution in [3.05, 3.63) is 35.4 Å². The predicted octanol–water partition coefficient (Wildman–Crippen LogP) is 3.26. The lowest BCUT2D eigenvalue weighted by atomic mass is 9.90. The topological polar surface area (TPSA) is 49.3 Å². The Labute approximate surface area is 116 Å². The Balaban J connectivity index is 2.90. The Morgan fingerprint density at radius 1 is 1.26 bits per heavy atom. The van der Waals surface area contributed by atoms with Crippen LogP contribution in [0.4, 0.5) is 0 Å². The Bertz CT molecular complexity index is 398. The molecule has 0 saturated carbocycles. The van der Waals surface area contributed by atoms with Gasteiger partial charge in [0.05, 0.1) is 5.92 Å². The summed E-state index contributed by atoms with van der Waals surface area (Å²) >= 11 is 0. The molecule has 0 radical (unpaired) electrons. The van der Waals surface area contributed by atoms with Gasteiger partial charge >= 0.3 is 5.97 Å². The molecule has 0 saturated heterocycles. The minimum Gasteiger partial charge on any atom is -0.481 e. The van der Waals surface area contributed by atoms with Crippen LogP contribution in [0.25, 0.3) is 0 Å². The predicted molar refractivity (Wildman–Crippen MR) is 78.2 cm³/mol. The van der Waals surface area contributed by atoms with Gasteiger partial charge in [0.15, 0.2) is 0 Å². The number of carboxylic acids is 1. The van der Waals surface area contributed by atoms with Gasteiger partial charge in [-0.15, -0.1) is 0 Å². The van der Waals surface area contributed by atoms with Crippen LogP contribution in [0, 0.1) is 11.8 Å². The SMILES string of the molecule is CCC(C(=O)O)C(NC)c1ccc(CC(C)C)cc1. The lowest BCUT2D eigenvalue weighted by Crippen LogP contribution is -2.30. The van der Waals surface area contributed by atoms with Crippen LogP contribution in [0.3, 0.4) is 0 Å². The summed E-state index contributed by atoms with van der Waals surface area (Å²) < 4.78 is 0. The molecular formula is C16H25NO2. The summed E-state index contributed by atoms with van der Waals surface area (Å²) in [5, 5.41) is 12.4. The molecule has 19 heavy (non-hydrogen) atoms. The highest BCUT2D eigenvalue weighted by atomic mass is 16.4. The number of rotatable bonds is 7. The van der Waals surface area contributed by atoms with Gasteiger partial charge in [-0.2, -0.15) is 0 Å². The van der Waals surface area contributed by atoms with Gasteiger partial charge in [-0.1, -0.05) is 45.0 Å². The second-order valence-electron chi connectivity index (χ2n) is 5.46. The summed E-state index contributed by atoms with van der Waals surface area (Å²) in [6, 6.07) is 8.17. The van der Waals surface area contributed by atoms with Crippen LogP contribution in [0.2, 0.25) is 0 Å². The van der Waals surface area contributed by atoms with Crippen LogP contribution in [0.15, 0.2) is 24.3 Å². The fourth-order valence-corrected chi connectivity index (χ4v) is 2.49. The van der Waals surface area contributed by atoms with E-state index in [4.69, 9.17) is 0 Å². The number of aliphatic carboxylic acids is 1. The van der Waals surface area contributed by atoms with Crippen LogP contribution in [-0.2, 0) is 11.2 Å². The molecule has 1 aromatic rings. The molecule has 2 unspecified atom stereocenters. The molecule has 2 atom stereocenters. The average molecular weight is 263 g/mol. The first-order valence-corrected chi connectivity index (χ1v) is 6.98. The molecule has 0 amide bonds. The zero-order valence-corrected chi connectivity index (χ0v) is 12.3. The molecule has 0 aromatic heterocycles. The first-order valence-electron chi connectivity index (χ1n) is 6.98. The fraction of sp³-hybridized carbons (Fsp3) is 0.562. The largest absolute Gasteiger partial charge is 0.481 e. The van der Waals surface area contributed by atoms with Crippen LogP contribution in [0.5, 0.6) is 0 Å². The number of carboxylic acid groups (broad SMARTS) is 1.